The van der Waals surface area contributed by atoms with Crippen molar-refractivity contribution in [1.82, 2.24) is 0 Å². The molecule has 0 aromatic heterocycles. The summed E-state index contributed by atoms with van der Waals surface area (Å²) in [6.07, 6.45) is 0.676. The lowest BCUT2D eigenvalue weighted by Crippen LogP contribution is -2.34. The van der Waals surface area contributed by atoms with Gasteiger partial charge in [0.25, 0.3) is 0 Å². The predicted octanol–water partition coefficient (Wildman–Crippen LogP) is -0.0517. The lowest BCUT2D eigenvalue weighted by molar-refractivity contribution is 0.224. The van der Waals surface area contributed by atoms with Gasteiger partial charge in [0, 0.05) is 6.04 Å². The molecule has 0 unspecified atom stereocenters. The molecule has 0 bridgehead atoms. The van der Waals surface area contributed by atoms with Crippen molar-refractivity contribution < 1.29 is 14.4 Å². The Morgan fingerprint density at radius 3 is 1.78 bits per heavy atom. The fourth-order valence-electron chi connectivity index (χ4n) is 0.482. The van der Waals surface area contributed by atoms with Gasteiger partial charge < -0.3 is 14.4 Å². The number of rotatable bonds is 3. The molecule has 4 heteroatoms. The van der Waals surface area contributed by atoms with Crippen molar-refractivity contribution in [2.75, 3.05) is 0 Å². The summed E-state index contributed by atoms with van der Waals surface area (Å²) in [6, 6.07) is 0.157. The fourth-order valence-corrected chi connectivity index (χ4v) is 1.45. The minimum absolute atomic E-state index is 0.157. The van der Waals surface area contributed by atoms with Gasteiger partial charge in [-0.3, -0.25) is 0 Å². The van der Waals surface area contributed by atoms with E-state index in [2.05, 4.69) is 0 Å². The predicted molar refractivity (Wildman–Crippen MR) is 36.7 cm³/mol. The van der Waals surface area contributed by atoms with Crippen molar-refractivity contribution in [2.45, 2.75) is 26.3 Å². The van der Waals surface area contributed by atoms with Crippen LogP contribution in [0.5, 0.6) is 0 Å². The minimum Gasteiger partial charge on any atom is -0.390 e. The Labute approximate surface area is 56.3 Å². The molecule has 0 aliphatic rings. The van der Waals surface area contributed by atoms with Crippen molar-refractivity contribution in [3.05, 3.63) is 0 Å². The molecule has 0 amide bonds. The molecule has 0 saturated carbocycles. The summed E-state index contributed by atoms with van der Waals surface area (Å²) in [5.74, 6) is 0.420. The highest BCUT2D eigenvalue weighted by molar-refractivity contribution is 6.56. The topological polar surface area (TPSA) is 60.7 Å². The van der Waals surface area contributed by atoms with E-state index in [1.54, 1.807) is 0 Å². The van der Waals surface area contributed by atoms with Crippen molar-refractivity contribution in [2.24, 2.45) is 5.92 Å². The van der Waals surface area contributed by atoms with E-state index in [-0.39, 0.29) is 6.04 Å². The van der Waals surface area contributed by atoms with E-state index in [0.717, 1.165) is 0 Å². The van der Waals surface area contributed by atoms with E-state index in [4.69, 9.17) is 14.4 Å². The summed E-state index contributed by atoms with van der Waals surface area (Å²) in [5, 5.41) is 0. The number of hydrogen-bond donors (Lipinski definition) is 3. The third-order valence-corrected chi connectivity index (χ3v) is 2.02. The van der Waals surface area contributed by atoms with Gasteiger partial charge in [-0.1, -0.05) is 13.8 Å². The van der Waals surface area contributed by atoms with E-state index >= 15 is 0 Å². The minimum atomic E-state index is -3.72. The Balaban J connectivity index is 3.28. The lowest BCUT2D eigenvalue weighted by Gasteiger charge is -2.09. The summed E-state index contributed by atoms with van der Waals surface area (Å²) >= 11 is 0. The van der Waals surface area contributed by atoms with E-state index in [1.165, 1.54) is 0 Å². The van der Waals surface area contributed by atoms with E-state index in [1.807, 2.05) is 13.8 Å². The Bertz CT molecular complexity index is 76.8. The van der Waals surface area contributed by atoms with Gasteiger partial charge >= 0.3 is 8.80 Å². The van der Waals surface area contributed by atoms with Crippen LogP contribution in [0.4, 0.5) is 0 Å². The molecule has 0 fully saturated rings. The maximum atomic E-state index is 8.52. The second kappa shape index (κ2) is 3.31. The van der Waals surface area contributed by atoms with Gasteiger partial charge in [0.2, 0.25) is 0 Å². The zero-order valence-electron chi connectivity index (χ0n) is 5.83. The zero-order valence-corrected chi connectivity index (χ0v) is 6.83. The highest BCUT2D eigenvalue weighted by atomic mass is 28.4. The molecule has 0 radical (unpaired) electrons. The lowest BCUT2D eigenvalue weighted by atomic mass is 10.2. The first-order valence-electron chi connectivity index (χ1n) is 3.09. The smallest absolute Gasteiger partial charge is 0.390 e. The summed E-state index contributed by atoms with van der Waals surface area (Å²) in [4.78, 5) is 25.5. The van der Waals surface area contributed by atoms with Crippen molar-refractivity contribution in [1.29, 1.82) is 0 Å². The van der Waals surface area contributed by atoms with Crippen LogP contribution in [0.1, 0.15) is 20.3 Å². The first-order valence-corrected chi connectivity index (χ1v) is 5.14. The third-order valence-electron chi connectivity index (χ3n) is 1.06. The Morgan fingerprint density at radius 2 is 1.67 bits per heavy atom. The molecule has 0 rings (SSSR count). The molecule has 0 aliphatic carbocycles. The van der Waals surface area contributed by atoms with Gasteiger partial charge in [0.1, 0.15) is 0 Å². The van der Waals surface area contributed by atoms with E-state index in [0.29, 0.717) is 12.3 Å². The van der Waals surface area contributed by atoms with Crippen molar-refractivity contribution in [3.8, 4) is 0 Å². The van der Waals surface area contributed by atoms with Crippen LogP contribution in [0.15, 0.2) is 0 Å². The second-order valence-corrected chi connectivity index (χ2v) is 4.76. The first kappa shape index (κ1) is 9.10. The van der Waals surface area contributed by atoms with Crippen LogP contribution in [0.25, 0.3) is 0 Å². The van der Waals surface area contributed by atoms with Crippen molar-refractivity contribution >= 4 is 8.80 Å². The van der Waals surface area contributed by atoms with E-state index in [9.17, 15) is 0 Å². The summed E-state index contributed by atoms with van der Waals surface area (Å²) in [5.41, 5.74) is 0. The van der Waals surface area contributed by atoms with Gasteiger partial charge in [-0.05, 0) is 12.3 Å². The van der Waals surface area contributed by atoms with Crippen LogP contribution in [0, 0.1) is 5.92 Å². The molecule has 56 valence electrons. The van der Waals surface area contributed by atoms with Crippen LogP contribution in [0.2, 0.25) is 6.04 Å². The molecule has 0 aromatic rings. The largest absolute Gasteiger partial charge is 0.492 e. The van der Waals surface area contributed by atoms with Crippen molar-refractivity contribution in [3.63, 3.8) is 0 Å². The fraction of sp³-hybridized carbons (Fsp3) is 1.00. The van der Waals surface area contributed by atoms with Crippen LogP contribution >= 0.6 is 0 Å². The molecule has 9 heavy (non-hydrogen) atoms. The Morgan fingerprint density at radius 1 is 1.22 bits per heavy atom. The quantitative estimate of drug-likeness (QED) is 0.494. The molecule has 0 saturated heterocycles. The van der Waals surface area contributed by atoms with Gasteiger partial charge in [-0.25, -0.2) is 0 Å². The van der Waals surface area contributed by atoms with Gasteiger partial charge in [0.15, 0.2) is 0 Å². The molecular formula is C5H14O3Si. The second-order valence-electron chi connectivity index (χ2n) is 2.71. The Kier molecular flexibility index (Phi) is 3.35. The maximum absolute atomic E-state index is 8.52. The molecule has 0 atom stereocenters. The molecular weight excluding hydrogens is 136 g/mol. The monoisotopic (exact) mass is 150 g/mol. The number of hydrogen-bond acceptors (Lipinski definition) is 3. The molecule has 0 heterocycles. The highest BCUT2D eigenvalue weighted by Gasteiger charge is 2.25. The average Bonchev–Trinajstić information content (AvgIpc) is 1.59. The third kappa shape index (κ3) is 8.10. The molecule has 3 nitrogen and oxygen atoms in total. The molecule has 0 spiro atoms. The molecule has 3 N–H and O–H groups in total. The SMILES string of the molecule is CC(C)CC[Si](O)(O)O. The maximum Gasteiger partial charge on any atom is 0.492 e. The Hall–Kier alpha value is 0.0969. The van der Waals surface area contributed by atoms with Crippen LogP contribution in [0.3, 0.4) is 0 Å². The highest BCUT2D eigenvalue weighted by Crippen LogP contribution is 2.08. The first-order chi connectivity index (χ1) is 3.92. The molecule has 0 aromatic carbocycles. The van der Waals surface area contributed by atoms with Gasteiger partial charge in [-0.15, -0.1) is 0 Å². The molecule has 0 aliphatic heterocycles. The zero-order chi connectivity index (χ0) is 7.49. The summed E-state index contributed by atoms with van der Waals surface area (Å²) < 4.78 is 0. The standard InChI is InChI=1S/C5H14O3Si/c1-5(2)3-4-9(6,7)8/h5-8H,3-4H2,1-2H3. The summed E-state index contributed by atoms with van der Waals surface area (Å²) in [7, 11) is -3.72. The van der Waals surface area contributed by atoms with Crippen LogP contribution < -0.4 is 0 Å². The van der Waals surface area contributed by atoms with Crippen LogP contribution in [-0.4, -0.2) is 23.2 Å². The van der Waals surface area contributed by atoms with Gasteiger partial charge in [-0.2, -0.15) is 0 Å². The van der Waals surface area contributed by atoms with Crippen LogP contribution in [-0.2, 0) is 0 Å². The summed E-state index contributed by atoms with van der Waals surface area (Å²) in [6.45, 7) is 3.94. The van der Waals surface area contributed by atoms with E-state index < -0.39 is 8.80 Å². The normalized spacial score (nSPS) is 12.7. The van der Waals surface area contributed by atoms with Gasteiger partial charge in [0.05, 0.1) is 0 Å². The average molecular weight is 150 g/mol.